The van der Waals surface area contributed by atoms with Gasteiger partial charge in [-0.05, 0) is 44.2 Å². The number of hydrogen-bond donors (Lipinski definition) is 3. The third-order valence-corrected chi connectivity index (χ3v) is 3.68. The van der Waals surface area contributed by atoms with Crippen molar-refractivity contribution in [3.63, 3.8) is 0 Å². The molecule has 0 saturated carbocycles. The number of quaternary nitrogens is 1. The summed E-state index contributed by atoms with van der Waals surface area (Å²) in [6, 6.07) is 13.1. The largest absolute Gasteiger partial charge is 0.372 e. The monoisotopic (exact) mass is 351 g/mol. The van der Waals surface area contributed by atoms with Crippen molar-refractivity contribution in [2.75, 3.05) is 18.0 Å². The molecule has 8 heteroatoms. The molecule has 1 heterocycles. The van der Waals surface area contributed by atoms with Crippen LogP contribution in [0.15, 0.2) is 52.6 Å². The van der Waals surface area contributed by atoms with Gasteiger partial charge in [-0.15, -0.1) is 4.99 Å². The lowest BCUT2D eigenvalue weighted by Crippen LogP contribution is -2.85. The van der Waals surface area contributed by atoms with Crippen molar-refractivity contribution in [2.45, 2.75) is 13.8 Å². The minimum Gasteiger partial charge on any atom is -0.372 e. The molecule has 0 unspecified atom stereocenters. The van der Waals surface area contributed by atoms with Gasteiger partial charge >= 0.3 is 5.96 Å². The molecule has 1 aromatic heterocycles. The summed E-state index contributed by atoms with van der Waals surface area (Å²) in [5.74, 6) is 0.827. The highest BCUT2D eigenvalue weighted by molar-refractivity contribution is 5.91. The highest BCUT2D eigenvalue weighted by atomic mass is 15.2. The summed E-state index contributed by atoms with van der Waals surface area (Å²) in [7, 11) is 0. The Kier molecular flexibility index (Phi) is 6.65. The van der Waals surface area contributed by atoms with Crippen LogP contribution in [-0.2, 0) is 0 Å². The molecule has 0 fully saturated rings. The van der Waals surface area contributed by atoms with Gasteiger partial charge in [0.05, 0.1) is 17.4 Å². The summed E-state index contributed by atoms with van der Waals surface area (Å²) in [5.41, 5.74) is 14.0. The molecular formula is C18H23N8+. The molecule has 2 aromatic rings. The minimum atomic E-state index is 0.0583. The second-order valence-electron chi connectivity index (χ2n) is 5.42. The number of pyridine rings is 1. The quantitative estimate of drug-likeness (QED) is 0.545. The molecule has 1 aromatic carbocycles. The van der Waals surface area contributed by atoms with Gasteiger partial charge in [0.2, 0.25) is 11.8 Å². The predicted molar refractivity (Wildman–Crippen MR) is 103 cm³/mol. The molecule has 0 spiro atoms. The molecule has 26 heavy (non-hydrogen) atoms. The molecule has 6 N–H and O–H groups in total. The molecule has 8 nitrogen and oxygen atoms in total. The maximum absolute atomic E-state index is 8.76. The van der Waals surface area contributed by atoms with Crippen molar-refractivity contribution < 1.29 is 5.32 Å². The smallest absolute Gasteiger partial charge is 0.306 e. The maximum Gasteiger partial charge on any atom is 0.306 e. The molecular weight excluding hydrogens is 328 g/mol. The minimum absolute atomic E-state index is 0.0583. The zero-order valence-corrected chi connectivity index (χ0v) is 14.9. The standard InChI is InChI=1S/C18H22N8/c1-3-26(4-2)15-8-6-14(7-9-15)23-17(20)25-18(21)24-16-10-5-13(11-19)12-22-16/h5-10,12H,3-4H2,1-2H3,(H5,20,21,22,23,24,25)/p+1. The summed E-state index contributed by atoms with van der Waals surface area (Å²) in [5, 5.41) is 10.3. The van der Waals surface area contributed by atoms with Crippen molar-refractivity contribution in [1.29, 1.82) is 5.26 Å². The van der Waals surface area contributed by atoms with Gasteiger partial charge in [-0.1, -0.05) is 0 Å². The summed E-state index contributed by atoms with van der Waals surface area (Å²) in [6.07, 6.45) is 1.47. The van der Waals surface area contributed by atoms with Crippen LogP contribution in [0, 0.1) is 11.3 Å². The number of rotatable bonds is 5. The van der Waals surface area contributed by atoms with Crippen molar-refractivity contribution in [3.05, 3.63) is 48.2 Å². The van der Waals surface area contributed by atoms with E-state index in [0.29, 0.717) is 17.1 Å². The first-order chi connectivity index (χ1) is 12.5. The highest BCUT2D eigenvalue weighted by Gasteiger charge is 2.05. The normalized spacial score (nSPS) is 11.9. The van der Waals surface area contributed by atoms with Crippen LogP contribution in [0.4, 0.5) is 17.2 Å². The first kappa shape index (κ1) is 18.9. The summed E-state index contributed by atoms with van der Waals surface area (Å²) < 4.78 is 0. The highest BCUT2D eigenvalue weighted by Crippen LogP contribution is 2.19. The second-order valence-corrected chi connectivity index (χ2v) is 5.42. The summed E-state index contributed by atoms with van der Waals surface area (Å²) in [4.78, 5) is 14.6. The molecule has 0 amide bonds. The number of nitriles is 1. The lowest BCUT2D eigenvalue weighted by Gasteiger charge is -2.20. The van der Waals surface area contributed by atoms with Crippen LogP contribution in [-0.4, -0.2) is 30.0 Å². The average Bonchev–Trinajstić information content (AvgIpc) is 2.64. The van der Waals surface area contributed by atoms with E-state index in [1.165, 1.54) is 6.20 Å². The zero-order chi connectivity index (χ0) is 18.9. The van der Waals surface area contributed by atoms with Gasteiger partial charge in [0.25, 0.3) is 0 Å². The molecule has 0 radical (unpaired) electrons. The fourth-order valence-corrected chi connectivity index (χ4v) is 2.36. The fraction of sp³-hybridized carbons (Fsp3) is 0.222. The van der Waals surface area contributed by atoms with Gasteiger partial charge in [-0.3, -0.25) is 0 Å². The average molecular weight is 351 g/mol. The Labute approximate surface area is 152 Å². The Balaban J connectivity index is 2.05. The molecule has 0 bridgehead atoms. The van der Waals surface area contributed by atoms with Crippen LogP contribution < -0.4 is 21.7 Å². The van der Waals surface area contributed by atoms with E-state index in [1.807, 2.05) is 30.3 Å². The van der Waals surface area contributed by atoms with E-state index >= 15 is 0 Å². The predicted octanol–water partition coefficient (Wildman–Crippen LogP) is 0.955. The summed E-state index contributed by atoms with van der Waals surface area (Å²) in [6.45, 7) is 6.12. The van der Waals surface area contributed by atoms with Gasteiger partial charge in [0.1, 0.15) is 6.07 Å². The molecule has 134 valence electrons. The number of aromatic nitrogens is 1. The lowest BCUT2D eigenvalue weighted by molar-refractivity contribution is -0.450. The Hall–Kier alpha value is -3.44. The van der Waals surface area contributed by atoms with E-state index in [1.54, 1.807) is 17.4 Å². The van der Waals surface area contributed by atoms with Crippen LogP contribution >= 0.6 is 0 Å². The number of benzene rings is 1. The molecule has 2 rings (SSSR count). The summed E-state index contributed by atoms with van der Waals surface area (Å²) >= 11 is 0. The van der Waals surface area contributed by atoms with Gasteiger partial charge in [-0.25, -0.2) is 15.3 Å². The Morgan fingerprint density at radius 3 is 2.38 bits per heavy atom. The van der Waals surface area contributed by atoms with Gasteiger partial charge in [0, 0.05) is 24.8 Å². The second kappa shape index (κ2) is 9.15. The van der Waals surface area contributed by atoms with Crippen molar-refractivity contribution >= 4 is 29.1 Å². The number of guanidine groups is 2. The Morgan fingerprint density at radius 1 is 1.15 bits per heavy atom. The van der Waals surface area contributed by atoms with Crippen molar-refractivity contribution in [3.8, 4) is 6.07 Å². The Morgan fingerprint density at radius 2 is 1.85 bits per heavy atom. The van der Waals surface area contributed by atoms with Crippen molar-refractivity contribution in [1.82, 2.24) is 4.98 Å². The lowest BCUT2D eigenvalue weighted by atomic mass is 10.2. The maximum atomic E-state index is 8.76. The molecule has 0 atom stereocenters. The first-order valence-corrected chi connectivity index (χ1v) is 8.30. The van der Waals surface area contributed by atoms with Crippen LogP contribution in [0.25, 0.3) is 0 Å². The van der Waals surface area contributed by atoms with E-state index in [0.717, 1.165) is 18.8 Å². The number of hydrogen-bond acceptors (Lipinski definition) is 4. The molecule has 0 aliphatic carbocycles. The third kappa shape index (κ3) is 5.29. The Bertz CT molecular complexity index is 812. The van der Waals surface area contributed by atoms with Gasteiger partial charge in [0.15, 0.2) is 0 Å². The number of aliphatic imine (C=N–C) groups is 2. The number of nitrogens with zero attached hydrogens (tertiary/aromatic N) is 5. The zero-order valence-electron chi connectivity index (χ0n) is 14.9. The van der Waals surface area contributed by atoms with Crippen LogP contribution in [0.3, 0.4) is 0 Å². The van der Waals surface area contributed by atoms with Crippen LogP contribution in [0.1, 0.15) is 19.4 Å². The third-order valence-electron chi connectivity index (χ3n) is 3.68. The molecule has 0 aliphatic heterocycles. The van der Waals surface area contributed by atoms with E-state index < -0.39 is 0 Å². The van der Waals surface area contributed by atoms with Crippen LogP contribution in [0.5, 0.6) is 0 Å². The number of nitrogens with two attached hydrogens (primary N) is 3. The molecule has 0 saturated heterocycles. The van der Waals surface area contributed by atoms with E-state index in [-0.39, 0.29) is 11.9 Å². The van der Waals surface area contributed by atoms with E-state index in [2.05, 4.69) is 33.7 Å². The van der Waals surface area contributed by atoms with E-state index in [9.17, 15) is 0 Å². The molecule has 0 aliphatic rings. The van der Waals surface area contributed by atoms with Crippen LogP contribution in [0.2, 0.25) is 0 Å². The van der Waals surface area contributed by atoms with E-state index in [4.69, 9.17) is 16.7 Å². The fourth-order valence-electron chi connectivity index (χ4n) is 2.36. The SMILES string of the molecule is CCN(CC)c1ccc(N=C(N)N=C(N)[NH2+]c2ccc(C#N)cn2)cc1. The van der Waals surface area contributed by atoms with Crippen molar-refractivity contribution in [2.24, 2.45) is 21.5 Å². The topological polar surface area (TPSA) is 133 Å². The number of anilines is 1. The van der Waals surface area contributed by atoms with Gasteiger partial charge in [-0.2, -0.15) is 5.26 Å². The first-order valence-electron chi connectivity index (χ1n) is 8.30. The van der Waals surface area contributed by atoms with Gasteiger partial charge < -0.3 is 16.4 Å².